The monoisotopic (exact) mass is 753 g/mol. The van der Waals surface area contributed by atoms with Crippen LogP contribution in [-0.2, 0) is 22.4 Å². The number of rotatable bonds is 13. The summed E-state index contributed by atoms with van der Waals surface area (Å²) in [5.74, 6) is 0.721. The Morgan fingerprint density at radius 2 is 1.69 bits per heavy atom. The maximum atomic E-state index is 13.9. The molecule has 0 radical (unpaired) electrons. The summed E-state index contributed by atoms with van der Waals surface area (Å²) in [5.41, 5.74) is 1.56. The van der Waals surface area contributed by atoms with E-state index >= 15 is 0 Å². The number of alkyl halides is 2. The Kier molecular flexibility index (Phi) is 10.1. The largest absolute Gasteiger partial charge is 0.493 e. The van der Waals surface area contributed by atoms with Crippen LogP contribution in [-0.4, -0.2) is 68.0 Å². The quantitative estimate of drug-likeness (QED) is 0.126. The molecule has 4 bridgehead atoms. The van der Waals surface area contributed by atoms with E-state index in [4.69, 9.17) is 46.9 Å². The van der Waals surface area contributed by atoms with Gasteiger partial charge in [0.1, 0.15) is 17.5 Å². The zero-order valence-corrected chi connectivity index (χ0v) is 29.8. The predicted octanol–water partition coefficient (Wildman–Crippen LogP) is 8.00. The first-order valence-electron chi connectivity index (χ1n) is 16.7. The van der Waals surface area contributed by atoms with Crippen molar-refractivity contribution in [1.82, 2.24) is 9.88 Å². The van der Waals surface area contributed by atoms with Gasteiger partial charge in [-0.05, 0) is 66.1 Å². The van der Waals surface area contributed by atoms with Gasteiger partial charge in [-0.1, -0.05) is 53.5 Å². The maximum Gasteiger partial charge on any atom is 0.415 e. The zero-order valence-electron chi connectivity index (χ0n) is 28.3. The van der Waals surface area contributed by atoms with Gasteiger partial charge in [0.25, 0.3) is 0 Å². The van der Waals surface area contributed by atoms with Gasteiger partial charge in [-0.3, -0.25) is 14.8 Å². The molecule has 1 saturated carbocycles. The number of esters is 1. The van der Waals surface area contributed by atoms with Crippen LogP contribution < -0.4 is 19.1 Å². The highest BCUT2D eigenvalue weighted by molar-refractivity contribution is 6.35. The highest BCUT2D eigenvalue weighted by Gasteiger charge is 2.74. The molecule has 0 spiro atoms. The molecule has 3 unspecified atom stereocenters. The fraction of sp³-hybridized carbons (Fsp3) is 0.342. The minimum atomic E-state index is -3.09. The average molecular weight is 755 g/mol. The molecule has 4 fully saturated rings. The van der Waals surface area contributed by atoms with Crippen molar-refractivity contribution in [1.29, 1.82) is 0 Å². The number of para-hydroxylation sites is 2. The van der Waals surface area contributed by atoms with Crippen LogP contribution >= 0.6 is 23.2 Å². The van der Waals surface area contributed by atoms with Gasteiger partial charge >= 0.3 is 18.7 Å². The molecular weight excluding hydrogens is 719 g/mol. The third-order valence-electron chi connectivity index (χ3n) is 10.1. The van der Waals surface area contributed by atoms with Crippen molar-refractivity contribution in [2.75, 3.05) is 38.8 Å². The topological polar surface area (TPSA) is 99.7 Å². The SMILES string of the molecule is COc1ccc([C@H](Cc2c(Cl)cncc2Cl)OC(=O)c2ccc(CN(C(=O)O[C@]34CN5CCC3C4C5)c3ccccc3OC(F)F)cc2)cc1OC. The molecule has 3 aliphatic heterocycles. The minimum Gasteiger partial charge on any atom is -0.493 e. The summed E-state index contributed by atoms with van der Waals surface area (Å²) < 4.78 is 54.7. The van der Waals surface area contributed by atoms with Crippen LogP contribution in [0, 0.1) is 11.8 Å². The van der Waals surface area contributed by atoms with Crippen molar-refractivity contribution in [2.45, 2.75) is 37.7 Å². The van der Waals surface area contributed by atoms with E-state index < -0.39 is 30.4 Å². The Morgan fingerprint density at radius 1 is 0.962 bits per heavy atom. The summed E-state index contributed by atoms with van der Waals surface area (Å²) in [6.07, 6.45) is 2.52. The number of hydrogen-bond donors (Lipinski definition) is 0. The molecule has 4 aliphatic rings. The number of piperidine rings is 3. The fourth-order valence-electron chi connectivity index (χ4n) is 7.47. The number of carbonyl (C=O) groups is 2. The number of aromatic nitrogens is 1. The molecule has 1 aromatic heterocycles. The molecular formula is C38H35Cl2F2N3O7. The zero-order chi connectivity index (χ0) is 36.6. The second kappa shape index (κ2) is 14.8. The van der Waals surface area contributed by atoms with Crippen LogP contribution in [0.25, 0.3) is 0 Å². The molecule has 4 heterocycles. The van der Waals surface area contributed by atoms with Gasteiger partial charge in [0.2, 0.25) is 0 Å². The number of anilines is 1. The Hall–Kier alpha value is -4.65. The van der Waals surface area contributed by atoms with Gasteiger partial charge in [-0.25, -0.2) is 9.59 Å². The van der Waals surface area contributed by atoms with Crippen LogP contribution in [0.2, 0.25) is 10.0 Å². The number of fused-ring (bicyclic) bond motifs is 1. The molecule has 1 amide bonds. The lowest BCUT2D eigenvalue weighted by Gasteiger charge is -2.31. The predicted molar refractivity (Wildman–Crippen MR) is 189 cm³/mol. The third-order valence-corrected chi connectivity index (χ3v) is 10.7. The van der Waals surface area contributed by atoms with Gasteiger partial charge in [0.15, 0.2) is 11.5 Å². The smallest absolute Gasteiger partial charge is 0.415 e. The lowest BCUT2D eigenvalue weighted by Crippen LogP contribution is -2.42. The van der Waals surface area contributed by atoms with E-state index in [1.165, 1.54) is 43.6 Å². The molecule has 10 nitrogen and oxygen atoms in total. The molecule has 4 aromatic rings. The number of pyridine rings is 1. The molecule has 14 heteroatoms. The van der Waals surface area contributed by atoms with Crippen molar-refractivity contribution in [3.63, 3.8) is 0 Å². The van der Waals surface area contributed by atoms with Crippen LogP contribution in [0.1, 0.15) is 39.6 Å². The van der Waals surface area contributed by atoms with E-state index in [1.54, 1.807) is 54.6 Å². The number of hydrogen-bond acceptors (Lipinski definition) is 9. The van der Waals surface area contributed by atoms with Crippen LogP contribution in [0.4, 0.5) is 19.3 Å². The standard InChI is InChI=1S/C38H35Cl2F2N3O7/c1-48-32-12-11-24(15-34(32)49-2)33(16-25-28(39)17-43-18-29(25)40)50-35(46)23-9-7-22(8-10-23)19-45(30-5-3-4-6-31(30)51-36(41)42)37(47)52-38-21-44-14-13-26(38)27(38)20-44/h3-12,15,17-18,26-27,33,36H,13-14,16,19-21H2,1-2H3/t26?,27?,33-,38+/m0/s1. The van der Waals surface area contributed by atoms with Crippen LogP contribution in [0.15, 0.2) is 79.1 Å². The van der Waals surface area contributed by atoms with Crippen LogP contribution in [0.5, 0.6) is 17.2 Å². The first kappa shape index (κ1) is 35.7. The number of ether oxygens (including phenoxy) is 5. The summed E-state index contributed by atoms with van der Waals surface area (Å²) in [4.78, 5) is 35.1. The van der Waals surface area contributed by atoms with E-state index in [9.17, 15) is 18.4 Å². The van der Waals surface area contributed by atoms with Gasteiger partial charge in [0, 0.05) is 43.7 Å². The van der Waals surface area contributed by atoms with Gasteiger partial charge in [-0.15, -0.1) is 0 Å². The second-order valence-corrected chi connectivity index (χ2v) is 13.8. The third kappa shape index (κ3) is 7.07. The number of carbonyl (C=O) groups excluding carboxylic acids is 2. The van der Waals surface area contributed by atoms with Gasteiger partial charge in [-0.2, -0.15) is 8.78 Å². The Balaban J connectivity index is 1.13. The molecule has 1 aliphatic carbocycles. The molecule has 3 aromatic carbocycles. The van der Waals surface area contributed by atoms with E-state index in [1.807, 2.05) is 0 Å². The van der Waals surface area contributed by atoms with E-state index in [0.29, 0.717) is 50.7 Å². The Bertz CT molecular complexity index is 1940. The number of halogens is 4. The first-order chi connectivity index (χ1) is 25.1. The Morgan fingerprint density at radius 3 is 2.33 bits per heavy atom. The van der Waals surface area contributed by atoms with E-state index in [2.05, 4.69) is 9.88 Å². The van der Waals surface area contributed by atoms with Crippen molar-refractivity contribution in [3.05, 3.63) is 111 Å². The van der Waals surface area contributed by atoms with Gasteiger partial charge in [0.05, 0.1) is 42.1 Å². The van der Waals surface area contributed by atoms with Crippen molar-refractivity contribution >= 4 is 41.0 Å². The Labute approximate surface area is 309 Å². The average Bonchev–Trinajstić information content (AvgIpc) is 3.63. The van der Waals surface area contributed by atoms with E-state index in [-0.39, 0.29) is 35.9 Å². The van der Waals surface area contributed by atoms with Crippen molar-refractivity contribution in [2.24, 2.45) is 11.8 Å². The fourth-order valence-corrected chi connectivity index (χ4v) is 7.99. The molecule has 5 atom stereocenters. The molecule has 3 saturated heterocycles. The summed E-state index contributed by atoms with van der Waals surface area (Å²) in [6.45, 7) is -0.610. The number of methoxy groups -OCH3 is 2. The number of nitrogens with zero attached hydrogens (tertiary/aromatic N) is 3. The summed E-state index contributed by atoms with van der Waals surface area (Å²) in [6, 6.07) is 17.7. The molecule has 52 heavy (non-hydrogen) atoms. The highest BCUT2D eigenvalue weighted by Crippen LogP contribution is 2.63. The van der Waals surface area contributed by atoms with Crippen molar-refractivity contribution < 1.29 is 42.1 Å². The van der Waals surface area contributed by atoms with E-state index in [0.717, 1.165) is 19.5 Å². The van der Waals surface area contributed by atoms with Crippen LogP contribution in [0.3, 0.4) is 0 Å². The maximum absolute atomic E-state index is 13.9. The molecule has 0 N–H and O–H groups in total. The summed E-state index contributed by atoms with van der Waals surface area (Å²) in [7, 11) is 3.03. The first-order valence-corrected chi connectivity index (χ1v) is 17.4. The second-order valence-electron chi connectivity index (χ2n) is 13.0. The lowest BCUT2D eigenvalue weighted by atomic mass is 10.0. The molecule has 272 valence electrons. The summed E-state index contributed by atoms with van der Waals surface area (Å²) >= 11 is 12.9. The molecule has 8 rings (SSSR count). The highest BCUT2D eigenvalue weighted by atomic mass is 35.5. The van der Waals surface area contributed by atoms with Crippen molar-refractivity contribution in [3.8, 4) is 17.2 Å². The lowest BCUT2D eigenvalue weighted by molar-refractivity contribution is -0.0496. The number of amides is 1. The summed E-state index contributed by atoms with van der Waals surface area (Å²) in [5, 5.41) is 0.633. The normalized spacial score (nSPS) is 21.6. The minimum absolute atomic E-state index is 0.0415. The number of benzene rings is 3. The van der Waals surface area contributed by atoms with Gasteiger partial charge < -0.3 is 23.7 Å².